The van der Waals surface area contributed by atoms with Gasteiger partial charge in [0.25, 0.3) is 5.91 Å². The van der Waals surface area contributed by atoms with E-state index in [1.165, 1.54) is 24.3 Å². The smallest absolute Gasteiger partial charge is 0.266 e. The summed E-state index contributed by atoms with van der Waals surface area (Å²) >= 11 is 0. The number of hydrazine groups is 1. The molecule has 0 bridgehead atoms. The van der Waals surface area contributed by atoms with Gasteiger partial charge in [-0.1, -0.05) is 48.5 Å². The van der Waals surface area contributed by atoms with Crippen LogP contribution in [0.15, 0.2) is 113 Å². The molecule has 5 rings (SSSR count). The molecule has 0 unspecified atom stereocenters. The lowest BCUT2D eigenvalue weighted by molar-refractivity contribution is -0.130. The lowest BCUT2D eigenvalue weighted by Gasteiger charge is -2.30. The molecule has 1 heterocycles. The molecule has 0 spiro atoms. The number of benzene rings is 4. The summed E-state index contributed by atoms with van der Waals surface area (Å²) in [6.07, 6.45) is -0.542. The third-order valence-corrected chi connectivity index (χ3v) is 9.38. The number of sulfone groups is 1. The van der Waals surface area contributed by atoms with Gasteiger partial charge in [0.2, 0.25) is 5.90 Å². The second-order valence-electron chi connectivity index (χ2n) is 11.0. The zero-order valence-corrected chi connectivity index (χ0v) is 26.3. The number of aliphatic imine (C=N–C) groups is 1. The van der Waals surface area contributed by atoms with Crippen molar-refractivity contribution >= 4 is 21.6 Å². The molecule has 9 nitrogen and oxygen atoms in total. The van der Waals surface area contributed by atoms with E-state index >= 15 is 0 Å². The van der Waals surface area contributed by atoms with E-state index < -0.39 is 44.8 Å². The summed E-state index contributed by atoms with van der Waals surface area (Å²) in [7, 11) is -3.82. The van der Waals surface area contributed by atoms with Crippen molar-refractivity contribution in [1.82, 2.24) is 10.9 Å². The highest BCUT2D eigenvalue weighted by atomic mass is 32.2. The number of carbonyl (C=O) groups excluding carboxylic acids is 1. The van der Waals surface area contributed by atoms with E-state index in [0.29, 0.717) is 35.5 Å². The summed E-state index contributed by atoms with van der Waals surface area (Å²) in [5.74, 6) is -1.75. The normalized spacial score (nSPS) is 17.5. The molecule has 1 aliphatic heterocycles. The Morgan fingerprint density at radius 3 is 2.26 bits per heavy atom. The van der Waals surface area contributed by atoms with Crippen LogP contribution in [-0.2, 0) is 25.8 Å². The number of aliphatic hydroxyl groups excluding tert-OH is 1. The number of hydrogen-bond donors (Lipinski definition) is 3. The first-order chi connectivity index (χ1) is 22.7. The van der Waals surface area contributed by atoms with Gasteiger partial charge in [0, 0.05) is 37.6 Å². The molecule has 0 radical (unpaired) electrons. The molecule has 12 heteroatoms. The summed E-state index contributed by atoms with van der Waals surface area (Å²) in [5, 5.41) is 9.03. The summed E-state index contributed by atoms with van der Waals surface area (Å²) in [4.78, 5) is 19.1. The summed E-state index contributed by atoms with van der Waals surface area (Å²) in [6, 6.07) is 27.0. The van der Waals surface area contributed by atoms with Gasteiger partial charge in [-0.15, -0.1) is 0 Å². The summed E-state index contributed by atoms with van der Waals surface area (Å²) in [6.45, 7) is 0.466. The predicted octanol–water partition coefficient (Wildman–Crippen LogP) is 4.71. The van der Waals surface area contributed by atoms with Crippen molar-refractivity contribution in [1.29, 1.82) is 0 Å². The highest BCUT2D eigenvalue weighted by Crippen LogP contribution is 2.43. The van der Waals surface area contributed by atoms with E-state index in [1.54, 1.807) is 66.7 Å². The molecule has 1 amide bonds. The highest BCUT2D eigenvalue weighted by Gasteiger charge is 2.53. The van der Waals surface area contributed by atoms with Crippen LogP contribution in [0, 0.1) is 11.6 Å². The van der Waals surface area contributed by atoms with Crippen molar-refractivity contribution in [3.8, 4) is 5.75 Å². The lowest BCUT2D eigenvalue weighted by atomic mass is 9.85. The minimum absolute atomic E-state index is 0.00591. The van der Waals surface area contributed by atoms with Gasteiger partial charge < -0.3 is 14.6 Å². The summed E-state index contributed by atoms with van der Waals surface area (Å²) < 4.78 is 66.2. The Morgan fingerprint density at radius 2 is 1.60 bits per heavy atom. The van der Waals surface area contributed by atoms with E-state index in [9.17, 15) is 22.0 Å². The van der Waals surface area contributed by atoms with Crippen LogP contribution in [0.2, 0.25) is 0 Å². The standard InChI is InChI=1S/C35H35F2N3O6S/c36-28-22-25(23-29(37)24-28)16-18-38-40-34(42)35(17-21-47(43,44)31-10-5-2-6-11-31)32(26-8-3-1-4-9-26)46-33(39-35)27-12-14-30(15-13-27)45-20-7-19-41/h1-6,8-15,22-24,32,38,41H,7,16-21H2,(H,40,42)/t32-,35-/m0/s1. The number of rotatable bonds is 15. The van der Waals surface area contributed by atoms with Gasteiger partial charge in [-0.3, -0.25) is 10.2 Å². The first-order valence-corrected chi connectivity index (χ1v) is 16.8. The van der Waals surface area contributed by atoms with Gasteiger partial charge in [-0.2, -0.15) is 0 Å². The number of aliphatic hydroxyl groups is 1. The van der Waals surface area contributed by atoms with E-state index in [0.717, 1.165) is 6.07 Å². The first kappa shape index (κ1) is 33.7. The first-order valence-electron chi connectivity index (χ1n) is 15.1. The average molecular weight is 664 g/mol. The summed E-state index contributed by atoms with van der Waals surface area (Å²) in [5.41, 5.74) is 5.28. The second-order valence-corrected chi connectivity index (χ2v) is 13.1. The van der Waals surface area contributed by atoms with Crippen LogP contribution in [0.3, 0.4) is 0 Å². The molecule has 246 valence electrons. The number of halogens is 2. The maximum absolute atomic E-state index is 14.2. The number of nitrogens with zero attached hydrogens (tertiary/aromatic N) is 1. The molecule has 4 aromatic rings. The second kappa shape index (κ2) is 15.3. The molecule has 0 aromatic heterocycles. The van der Waals surface area contributed by atoms with Crippen LogP contribution in [0.25, 0.3) is 0 Å². The van der Waals surface area contributed by atoms with Gasteiger partial charge in [0.15, 0.2) is 21.5 Å². The third-order valence-electron chi connectivity index (χ3n) is 7.65. The van der Waals surface area contributed by atoms with Gasteiger partial charge in [-0.05, 0) is 66.1 Å². The largest absolute Gasteiger partial charge is 0.494 e. The van der Waals surface area contributed by atoms with E-state index in [2.05, 4.69) is 10.9 Å². The number of nitrogens with one attached hydrogen (secondary N) is 2. The van der Waals surface area contributed by atoms with Crippen molar-refractivity contribution in [2.75, 3.05) is 25.5 Å². The highest BCUT2D eigenvalue weighted by molar-refractivity contribution is 7.91. The van der Waals surface area contributed by atoms with Crippen LogP contribution in [0.1, 0.15) is 35.6 Å². The third kappa shape index (κ3) is 8.39. The van der Waals surface area contributed by atoms with Crippen molar-refractivity contribution in [3.63, 3.8) is 0 Å². The number of amides is 1. The average Bonchev–Trinajstić information content (AvgIpc) is 3.48. The monoisotopic (exact) mass is 663 g/mol. The van der Waals surface area contributed by atoms with Crippen molar-refractivity contribution < 1.29 is 36.6 Å². The van der Waals surface area contributed by atoms with Crippen LogP contribution >= 0.6 is 0 Å². The quantitative estimate of drug-likeness (QED) is 0.124. The lowest BCUT2D eigenvalue weighted by Crippen LogP contribution is -2.53. The maximum Gasteiger partial charge on any atom is 0.266 e. The fraction of sp³-hybridized carbons (Fsp3) is 0.257. The van der Waals surface area contributed by atoms with Gasteiger partial charge in [0.1, 0.15) is 17.4 Å². The Balaban J connectivity index is 1.46. The molecule has 0 saturated carbocycles. The van der Waals surface area contributed by atoms with Gasteiger partial charge in [-0.25, -0.2) is 27.6 Å². The van der Waals surface area contributed by atoms with Crippen LogP contribution < -0.4 is 15.6 Å². The van der Waals surface area contributed by atoms with E-state index in [1.807, 2.05) is 6.07 Å². The Kier molecular flexibility index (Phi) is 11.0. The van der Waals surface area contributed by atoms with Crippen molar-refractivity contribution in [2.24, 2.45) is 4.99 Å². The zero-order valence-electron chi connectivity index (χ0n) is 25.4. The molecule has 3 N–H and O–H groups in total. The zero-order chi connectivity index (χ0) is 33.3. The molecule has 0 saturated heterocycles. The molecule has 4 aromatic carbocycles. The van der Waals surface area contributed by atoms with E-state index in [-0.39, 0.29) is 36.8 Å². The fourth-order valence-electron chi connectivity index (χ4n) is 5.25. The van der Waals surface area contributed by atoms with Crippen molar-refractivity contribution in [3.05, 3.63) is 131 Å². The SMILES string of the molecule is O=C(NNCCc1cc(F)cc(F)c1)[C@@]1(CCS(=O)(=O)c2ccccc2)N=C(c2ccc(OCCCO)cc2)O[C@H]1c1ccccc1. The Labute approximate surface area is 272 Å². The number of carbonyl (C=O) groups is 1. The molecule has 1 aliphatic rings. The Bertz CT molecular complexity index is 1770. The molecular weight excluding hydrogens is 628 g/mol. The van der Waals surface area contributed by atoms with Gasteiger partial charge in [0.05, 0.1) is 17.3 Å². The van der Waals surface area contributed by atoms with Crippen LogP contribution in [0.5, 0.6) is 5.75 Å². The Hall–Kier alpha value is -4.65. The topological polar surface area (TPSA) is 126 Å². The predicted molar refractivity (Wildman–Crippen MR) is 172 cm³/mol. The number of hydrogen-bond acceptors (Lipinski definition) is 8. The fourth-order valence-corrected chi connectivity index (χ4v) is 6.63. The Morgan fingerprint density at radius 1 is 0.936 bits per heavy atom. The number of ether oxygens (including phenoxy) is 2. The van der Waals surface area contributed by atoms with Gasteiger partial charge >= 0.3 is 0 Å². The molecule has 47 heavy (non-hydrogen) atoms. The minimum atomic E-state index is -3.82. The molecule has 2 atom stereocenters. The molecule has 0 aliphatic carbocycles. The molecule has 0 fully saturated rings. The maximum atomic E-state index is 14.2. The van der Waals surface area contributed by atoms with Crippen LogP contribution in [-0.4, -0.2) is 56.4 Å². The van der Waals surface area contributed by atoms with Crippen molar-refractivity contribution in [2.45, 2.75) is 35.8 Å². The molecular formula is C35H35F2N3O6S. The minimum Gasteiger partial charge on any atom is -0.494 e. The van der Waals surface area contributed by atoms with E-state index in [4.69, 9.17) is 19.6 Å². The van der Waals surface area contributed by atoms with Crippen LogP contribution in [0.4, 0.5) is 8.78 Å².